The van der Waals surface area contributed by atoms with Crippen LogP contribution in [0.4, 0.5) is 5.69 Å². The van der Waals surface area contributed by atoms with E-state index in [0.717, 1.165) is 11.4 Å². The molecule has 0 radical (unpaired) electrons. The lowest BCUT2D eigenvalue weighted by atomic mass is 10.0. The van der Waals surface area contributed by atoms with Gasteiger partial charge in [0.15, 0.2) is 0 Å². The first-order valence-corrected chi connectivity index (χ1v) is 8.57. The van der Waals surface area contributed by atoms with Crippen LogP contribution in [0.3, 0.4) is 0 Å². The molecule has 6 nitrogen and oxygen atoms in total. The number of ether oxygens (including phenoxy) is 3. The average molecular weight is 380 g/mol. The predicted molar refractivity (Wildman–Crippen MR) is 112 cm³/mol. The Morgan fingerprint density at radius 3 is 2.04 bits per heavy atom. The number of anilines is 1. The van der Waals surface area contributed by atoms with Crippen molar-refractivity contribution in [3.63, 3.8) is 0 Å². The van der Waals surface area contributed by atoms with Gasteiger partial charge in [0.25, 0.3) is 0 Å². The fourth-order valence-electron chi connectivity index (χ4n) is 2.43. The van der Waals surface area contributed by atoms with E-state index in [-0.39, 0.29) is 11.5 Å². The van der Waals surface area contributed by atoms with Crippen LogP contribution in [-0.4, -0.2) is 32.8 Å². The number of carbonyl (C=O) groups is 1. The number of nitrogens with zero attached hydrogens (tertiary/aromatic N) is 1. The Hall–Kier alpha value is -3.54. The average Bonchev–Trinajstić information content (AvgIpc) is 2.73. The quantitative estimate of drug-likeness (QED) is 0.300. The number of nitrogens with one attached hydrogen (secondary N) is 1. The Labute approximate surface area is 165 Å². The molecule has 0 atom stereocenters. The fraction of sp³-hybridized carbons (Fsp3) is 0.182. The van der Waals surface area contributed by atoms with Crippen molar-refractivity contribution in [3.05, 3.63) is 72.3 Å². The maximum absolute atomic E-state index is 13.1. The Bertz CT molecular complexity index is 877. The number of rotatable bonds is 9. The maximum Gasteiger partial charge on any atom is 0.213 e. The van der Waals surface area contributed by atoms with E-state index in [2.05, 4.69) is 17.1 Å². The van der Waals surface area contributed by atoms with Crippen molar-refractivity contribution in [1.29, 1.82) is 0 Å². The molecule has 0 aromatic heterocycles. The lowest BCUT2D eigenvalue weighted by molar-refractivity contribution is 0.106. The van der Waals surface area contributed by atoms with Crippen molar-refractivity contribution >= 4 is 17.2 Å². The minimum Gasteiger partial charge on any atom is -0.497 e. The zero-order valence-electron chi connectivity index (χ0n) is 16.5. The number of allylic oxidation sites excluding steroid dienone is 3. The highest BCUT2D eigenvalue weighted by atomic mass is 16.5. The topological polar surface area (TPSA) is 69.2 Å². The van der Waals surface area contributed by atoms with Crippen LogP contribution in [0.1, 0.15) is 17.3 Å². The Morgan fingerprint density at radius 1 is 0.964 bits per heavy atom. The molecule has 1 N–H and O–H groups in total. The summed E-state index contributed by atoms with van der Waals surface area (Å²) in [7, 11) is 4.67. The molecule has 2 aromatic rings. The first-order valence-electron chi connectivity index (χ1n) is 8.57. The van der Waals surface area contributed by atoms with Crippen molar-refractivity contribution < 1.29 is 19.0 Å². The molecule has 0 unspecified atom stereocenters. The van der Waals surface area contributed by atoms with Gasteiger partial charge < -0.3 is 14.2 Å². The summed E-state index contributed by atoms with van der Waals surface area (Å²) < 4.78 is 15.7. The van der Waals surface area contributed by atoms with Crippen LogP contribution in [0.15, 0.2) is 71.9 Å². The van der Waals surface area contributed by atoms with Crippen LogP contribution in [0.25, 0.3) is 0 Å². The molecular formula is C22H24N2O4. The number of hydrazone groups is 1. The van der Waals surface area contributed by atoms with Gasteiger partial charge in [0.2, 0.25) is 5.78 Å². The predicted octanol–water partition coefficient (Wildman–Crippen LogP) is 4.50. The molecule has 146 valence electrons. The molecule has 2 aromatic carbocycles. The highest BCUT2D eigenvalue weighted by molar-refractivity contribution is 6.51. The summed E-state index contributed by atoms with van der Waals surface area (Å²) in [6, 6.07) is 12.2. The third-order valence-corrected chi connectivity index (χ3v) is 3.96. The van der Waals surface area contributed by atoms with Crippen molar-refractivity contribution in [2.75, 3.05) is 26.8 Å². The summed E-state index contributed by atoms with van der Waals surface area (Å²) in [6.07, 6.45) is 3.33. The molecule has 0 aliphatic rings. The van der Waals surface area contributed by atoms with Gasteiger partial charge >= 0.3 is 0 Å². The normalized spacial score (nSPS) is 11.6. The fourth-order valence-corrected chi connectivity index (χ4v) is 2.43. The van der Waals surface area contributed by atoms with E-state index in [9.17, 15) is 4.79 Å². The van der Waals surface area contributed by atoms with E-state index in [1.165, 1.54) is 14.2 Å². The highest BCUT2D eigenvalue weighted by Gasteiger charge is 2.18. The number of benzene rings is 2. The molecule has 28 heavy (non-hydrogen) atoms. The van der Waals surface area contributed by atoms with Crippen molar-refractivity contribution in [3.8, 4) is 17.2 Å². The largest absolute Gasteiger partial charge is 0.497 e. The van der Waals surface area contributed by atoms with Crippen molar-refractivity contribution in [2.24, 2.45) is 5.10 Å². The highest BCUT2D eigenvalue weighted by Crippen LogP contribution is 2.24. The molecule has 6 heteroatoms. The van der Waals surface area contributed by atoms with Gasteiger partial charge in [-0.1, -0.05) is 18.7 Å². The van der Waals surface area contributed by atoms with Gasteiger partial charge in [-0.3, -0.25) is 10.2 Å². The summed E-state index contributed by atoms with van der Waals surface area (Å²) in [6.45, 7) is 5.49. The molecule has 0 spiro atoms. The number of methoxy groups -OCH3 is 3. The van der Waals surface area contributed by atoms with E-state index in [4.69, 9.17) is 14.2 Å². The number of Topliss-reactive ketones (excluding diaryl/α,β-unsaturated/α-hetero) is 1. The maximum atomic E-state index is 13.1. The minimum absolute atomic E-state index is 0.256. The third-order valence-electron chi connectivity index (χ3n) is 3.96. The standard InChI is InChI=1S/C22H24N2O4/c1-6-7-15(2)21(24-23-17-8-10-18(26-3)11-9-17)22(25)16-12-19(27-4)14-20(13-16)28-5/h6-14,23H,1H2,2-5H3/b15-7+,24-21+. The van der Waals surface area contributed by atoms with E-state index in [1.54, 1.807) is 56.5 Å². The third kappa shape index (κ3) is 5.23. The summed E-state index contributed by atoms with van der Waals surface area (Å²) in [5, 5.41) is 4.33. The van der Waals surface area contributed by atoms with E-state index in [0.29, 0.717) is 22.6 Å². The second-order valence-corrected chi connectivity index (χ2v) is 5.82. The second-order valence-electron chi connectivity index (χ2n) is 5.82. The van der Waals surface area contributed by atoms with Gasteiger partial charge in [-0.25, -0.2) is 0 Å². The Balaban J connectivity index is 2.40. The first kappa shape index (κ1) is 20.8. The Morgan fingerprint density at radius 2 is 1.54 bits per heavy atom. The number of hydrogen-bond acceptors (Lipinski definition) is 6. The minimum atomic E-state index is -0.270. The molecule has 2 rings (SSSR count). The molecule has 0 aliphatic carbocycles. The monoisotopic (exact) mass is 380 g/mol. The SMILES string of the molecule is C=C/C=C(C)/C(=N\Nc1ccc(OC)cc1)C(=O)c1cc(OC)cc(OC)c1. The van der Waals surface area contributed by atoms with Crippen LogP contribution in [0, 0.1) is 0 Å². The van der Waals surface area contributed by atoms with Crippen LogP contribution in [0.2, 0.25) is 0 Å². The molecule has 0 saturated carbocycles. The van der Waals surface area contributed by atoms with Crippen LogP contribution >= 0.6 is 0 Å². The lowest BCUT2D eigenvalue weighted by Gasteiger charge is -2.11. The molecule has 0 saturated heterocycles. The van der Waals surface area contributed by atoms with E-state index >= 15 is 0 Å². The lowest BCUT2D eigenvalue weighted by Crippen LogP contribution is -2.18. The van der Waals surface area contributed by atoms with Crippen LogP contribution < -0.4 is 19.6 Å². The molecule has 0 bridgehead atoms. The Kier molecular flexibility index (Phi) is 7.39. The van der Waals surface area contributed by atoms with Gasteiger partial charge in [0.05, 0.1) is 27.0 Å². The summed E-state index contributed by atoms with van der Waals surface area (Å²) in [4.78, 5) is 13.1. The molecule has 0 fully saturated rings. The first-order chi connectivity index (χ1) is 13.5. The van der Waals surface area contributed by atoms with Gasteiger partial charge in [0.1, 0.15) is 23.0 Å². The smallest absolute Gasteiger partial charge is 0.213 e. The zero-order valence-corrected chi connectivity index (χ0v) is 16.5. The molecular weight excluding hydrogens is 356 g/mol. The molecule has 0 heterocycles. The molecule has 0 amide bonds. The van der Waals surface area contributed by atoms with Crippen LogP contribution in [0.5, 0.6) is 17.2 Å². The summed E-state index contributed by atoms with van der Waals surface area (Å²) in [5.41, 5.74) is 4.97. The number of carbonyl (C=O) groups excluding carboxylic acids is 1. The zero-order chi connectivity index (χ0) is 20.5. The number of hydrogen-bond donors (Lipinski definition) is 1. The van der Waals surface area contributed by atoms with Crippen LogP contribution in [-0.2, 0) is 0 Å². The van der Waals surface area contributed by atoms with Gasteiger partial charge in [0, 0.05) is 11.6 Å². The van der Waals surface area contributed by atoms with Gasteiger partial charge in [-0.15, -0.1) is 0 Å². The number of ketones is 1. The van der Waals surface area contributed by atoms with Gasteiger partial charge in [-0.05, 0) is 48.9 Å². The van der Waals surface area contributed by atoms with E-state index < -0.39 is 0 Å². The van der Waals surface area contributed by atoms with Crippen molar-refractivity contribution in [1.82, 2.24) is 0 Å². The summed E-state index contributed by atoms with van der Waals surface area (Å²) >= 11 is 0. The van der Waals surface area contributed by atoms with Gasteiger partial charge in [-0.2, -0.15) is 5.10 Å². The van der Waals surface area contributed by atoms with Crippen molar-refractivity contribution in [2.45, 2.75) is 6.92 Å². The molecule has 0 aliphatic heterocycles. The van der Waals surface area contributed by atoms with E-state index in [1.807, 2.05) is 12.1 Å². The summed E-state index contributed by atoms with van der Waals surface area (Å²) in [5.74, 6) is 1.51. The second kappa shape index (κ2) is 9.97.